The van der Waals surface area contributed by atoms with Crippen LogP contribution in [0.4, 0.5) is 0 Å². The number of hydrogen-bond acceptors (Lipinski definition) is 10. The maximum atomic E-state index is 14.1. The minimum absolute atomic E-state index is 0.0335. The highest BCUT2D eigenvalue weighted by Gasteiger charge is 2.52. The van der Waals surface area contributed by atoms with Gasteiger partial charge < -0.3 is 43.0 Å². The van der Waals surface area contributed by atoms with Crippen LogP contribution in [-0.2, 0) is 71.0 Å². The lowest BCUT2D eigenvalue weighted by Gasteiger charge is -2.45. The fourth-order valence-corrected chi connectivity index (χ4v) is 6.08. The summed E-state index contributed by atoms with van der Waals surface area (Å²) in [5, 5.41) is 10.3. The van der Waals surface area contributed by atoms with Crippen LogP contribution in [0.25, 0.3) is 0 Å². The minimum Gasteiger partial charge on any atom is -0.497 e. The molecule has 1 saturated heterocycles. The van der Waals surface area contributed by atoms with E-state index in [0.717, 1.165) is 33.6 Å². The van der Waals surface area contributed by atoms with E-state index in [9.17, 15) is 9.90 Å². The van der Waals surface area contributed by atoms with Crippen molar-refractivity contribution < 1.29 is 47.8 Å². The molecule has 0 spiro atoms. The van der Waals surface area contributed by atoms with Gasteiger partial charge in [-0.3, -0.25) is 0 Å². The summed E-state index contributed by atoms with van der Waals surface area (Å²) in [4.78, 5) is 14.1. The summed E-state index contributed by atoms with van der Waals surface area (Å²) < 4.78 is 50.0. The number of methoxy groups -OCH3 is 1. The topological polar surface area (TPSA) is 111 Å². The minimum atomic E-state index is -1.26. The Morgan fingerprint density at radius 2 is 1.02 bits per heavy atom. The largest absolute Gasteiger partial charge is 0.497 e. The van der Waals surface area contributed by atoms with Crippen LogP contribution in [0.2, 0.25) is 0 Å². The summed E-state index contributed by atoms with van der Waals surface area (Å²) in [6.45, 7) is 0.436. The second-order valence-corrected chi connectivity index (χ2v) is 13.1. The molecule has 0 amide bonds. The fourth-order valence-electron chi connectivity index (χ4n) is 6.08. The molecule has 1 heterocycles. The first-order valence-corrected chi connectivity index (χ1v) is 18.4. The van der Waals surface area contributed by atoms with Crippen molar-refractivity contribution in [3.8, 4) is 5.75 Å². The van der Waals surface area contributed by atoms with Crippen LogP contribution < -0.4 is 4.74 Å². The van der Waals surface area contributed by atoms with Gasteiger partial charge in [0, 0.05) is 0 Å². The van der Waals surface area contributed by atoms with Crippen LogP contribution in [0.5, 0.6) is 5.75 Å². The van der Waals surface area contributed by atoms with Gasteiger partial charge in [0.15, 0.2) is 12.4 Å². The molecular formula is C45H48O10. The van der Waals surface area contributed by atoms with Crippen molar-refractivity contribution in [2.24, 2.45) is 0 Å². The summed E-state index contributed by atoms with van der Waals surface area (Å²) in [5.41, 5.74) is 4.46. The Kier molecular flexibility index (Phi) is 15.4. The average molecular weight is 749 g/mol. The molecule has 0 aromatic heterocycles. The molecule has 5 aromatic carbocycles. The summed E-state index contributed by atoms with van der Waals surface area (Å²) in [6, 6.07) is 46.0. The lowest BCUT2D eigenvalue weighted by molar-refractivity contribution is -0.324. The molecule has 0 saturated carbocycles. The highest BCUT2D eigenvalue weighted by Crippen LogP contribution is 2.32. The van der Waals surface area contributed by atoms with Crippen LogP contribution in [0.15, 0.2) is 146 Å². The standard InChI is InChI=1S/C45H48O10/c1-48-38-24-22-37(23-25-38)27-49-39(26-46)32-54-45-43(52-30-35-18-10-4-11-19-35)41(51-29-34-16-8-3-9-17-34)40(50-28-33-14-6-2-7-15-33)42(55-45)44(47)53-31-36-20-12-5-13-21-36/h2-25,39-43,45-46H,26-32H2,1H3/t39?,40-,41-,42-,43+,45-/m0/s1. The molecule has 6 atom stereocenters. The zero-order valence-corrected chi connectivity index (χ0v) is 30.9. The molecule has 55 heavy (non-hydrogen) atoms. The van der Waals surface area contributed by atoms with Gasteiger partial charge in [0.2, 0.25) is 0 Å². The molecule has 6 rings (SSSR count). The number of esters is 1. The van der Waals surface area contributed by atoms with Crippen molar-refractivity contribution in [2.45, 2.75) is 69.8 Å². The van der Waals surface area contributed by atoms with Gasteiger partial charge in [0.25, 0.3) is 0 Å². The van der Waals surface area contributed by atoms with E-state index in [0.29, 0.717) is 0 Å². The predicted molar refractivity (Wildman–Crippen MR) is 205 cm³/mol. The Balaban J connectivity index is 1.28. The van der Waals surface area contributed by atoms with Gasteiger partial charge in [-0.2, -0.15) is 0 Å². The number of ether oxygens (including phenoxy) is 8. The fraction of sp³-hybridized carbons (Fsp3) is 0.311. The van der Waals surface area contributed by atoms with Crippen LogP contribution in [0.3, 0.4) is 0 Å². The van der Waals surface area contributed by atoms with E-state index in [-0.39, 0.29) is 46.2 Å². The molecule has 1 aliphatic rings. The molecule has 288 valence electrons. The van der Waals surface area contributed by atoms with Gasteiger partial charge in [0.05, 0.1) is 46.8 Å². The highest BCUT2D eigenvalue weighted by molar-refractivity contribution is 5.76. The molecular weight excluding hydrogens is 700 g/mol. The highest BCUT2D eigenvalue weighted by atomic mass is 16.7. The van der Waals surface area contributed by atoms with Crippen LogP contribution >= 0.6 is 0 Å². The molecule has 1 unspecified atom stereocenters. The monoisotopic (exact) mass is 748 g/mol. The zero-order valence-electron chi connectivity index (χ0n) is 30.9. The molecule has 0 aliphatic carbocycles. The van der Waals surface area contributed by atoms with Gasteiger partial charge in [-0.15, -0.1) is 0 Å². The number of rotatable bonds is 20. The van der Waals surface area contributed by atoms with E-state index in [1.807, 2.05) is 146 Å². The Morgan fingerprint density at radius 3 is 1.51 bits per heavy atom. The summed E-state index contributed by atoms with van der Waals surface area (Å²) >= 11 is 0. The van der Waals surface area contributed by atoms with Crippen molar-refractivity contribution in [3.63, 3.8) is 0 Å². The van der Waals surface area contributed by atoms with E-state index in [1.54, 1.807) is 7.11 Å². The maximum absolute atomic E-state index is 14.1. The van der Waals surface area contributed by atoms with Crippen LogP contribution in [-0.4, -0.2) is 68.2 Å². The number of aliphatic hydroxyl groups is 1. The van der Waals surface area contributed by atoms with E-state index in [4.69, 9.17) is 37.9 Å². The molecule has 0 radical (unpaired) electrons. The van der Waals surface area contributed by atoms with Crippen LogP contribution in [0, 0.1) is 0 Å². The summed E-state index contributed by atoms with van der Waals surface area (Å²) in [7, 11) is 1.61. The smallest absolute Gasteiger partial charge is 0.338 e. The van der Waals surface area contributed by atoms with Crippen molar-refractivity contribution in [1.82, 2.24) is 0 Å². The third kappa shape index (κ3) is 12.0. The number of hydrogen-bond donors (Lipinski definition) is 1. The summed E-state index contributed by atoms with van der Waals surface area (Å²) in [5.74, 6) is 0.0912. The molecule has 1 N–H and O–H groups in total. The first-order valence-electron chi connectivity index (χ1n) is 18.4. The molecule has 5 aromatic rings. The maximum Gasteiger partial charge on any atom is 0.338 e. The second-order valence-electron chi connectivity index (χ2n) is 13.1. The lowest BCUT2D eigenvalue weighted by Crippen LogP contribution is -2.63. The van der Waals surface area contributed by atoms with Crippen molar-refractivity contribution in [2.75, 3.05) is 20.3 Å². The van der Waals surface area contributed by atoms with Gasteiger partial charge in [-0.1, -0.05) is 133 Å². The van der Waals surface area contributed by atoms with E-state index in [1.165, 1.54) is 0 Å². The number of carbonyl (C=O) groups excluding carboxylic acids is 1. The number of carbonyl (C=O) groups is 1. The first-order chi connectivity index (χ1) is 27.1. The van der Waals surface area contributed by atoms with E-state index in [2.05, 4.69) is 0 Å². The Labute approximate surface area is 322 Å². The zero-order chi connectivity index (χ0) is 38.1. The summed E-state index contributed by atoms with van der Waals surface area (Å²) in [6.07, 6.45) is -5.85. The quantitative estimate of drug-likeness (QED) is 0.0853. The van der Waals surface area contributed by atoms with Crippen molar-refractivity contribution in [3.05, 3.63) is 173 Å². The van der Waals surface area contributed by atoms with Gasteiger partial charge in [-0.05, 0) is 39.9 Å². The van der Waals surface area contributed by atoms with E-state index < -0.39 is 42.8 Å². The second kappa shape index (κ2) is 21.3. The third-order valence-corrected chi connectivity index (χ3v) is 9.10. The third-order valence-electron chi connectivity index (χ3n) is 9.10. The molecule has 1 aliphatic heterocycles. The Bertz CT molecular complexity index is 1810. The Hall–Kier alpha value is -4.91. The average Bonchev–Trinajstić information content (AvgIpc) is 3.25. The van der Waals surface area contributed by atoms with Crippen molar-refractivity contribution >= 4 is 5.97 Å². The van der Waals surface area contributed by atoms with Gasteiger partial charge >= 0.3 is 5.97 Å². The molecule has 10 heteroatoms. The Morgan fingerprint density at radius 1 is 0.564 bits per heavy atom. The lowest BCUT2D eigenvalue weighted by atomic mass is 9.97. The van der Waals surface area contributed by atoms with Gasteiger partial charge in [-0.25, -0.2) is 4.79 Å². The normalized spacial score (nSPS) is 20.1. The molecule has 0 bridgehead atoms. The SMILES string of the molecule is COc1ccc(COC(CO)CO[C@H]2O[C@H](C(=O)OCc3ccccc3)[C@@H](OCc3ccccc3)[C@H](OCc3ccccc3)[C@H]2OCc2ccccc2)cc1. The predicted octanol–water partition coefficient (Wildman–Crippen LogP) is 6.81. The van der Waals surface area contributed by atoms with Gasteiger partial charge in [0.1, 0.15) is 36.8 Å². The molecule has 1 fully saturated rings. The van der Waals surface area contributed by atoms with Crippen LogP contribution in [0.1, 0.15) is 27.8 Å². The number of aliphatic hydroxyl groups excluding tert-OH is 1. The number of benzene rings is 5. The van der Waals surface area contributed by atoms with Crippen molar-refractivity contribution in [1.29, 1.82) is 0 Å². The first kappa shape index (κ1) is 39.8. The van der Waals surface area contributed by atoms with E-state index >= 15 is 0 Å². The molecule has 10 nitrogen and oxygen atoms in total.